The van der Waals surface area contributed by atoms with Crippen LogP contribution in [0, 0.1) is 29.7 Å². The Labute approximate surface area is 359 Å². The van der Waals surface area contributed by atoms with E-state index >= 15 is 0 Å². The molecule has 2 saturated carbocycles. The first kappa shape index (κ1) is 41.7. The highest BCUT2D eigenvalue weighted by molar-refractivity contribution is 8.07. The monoisotopic (exact) mass is 879 g/mol. The van der Waals surface area contributed by atoms with Crippen LogP contribution in [0.15, 0.2) is 86.0 Å². The molecule has 0 spiro atoms. The molecule has 0 bridgehead atoms. The van der Waals surface area contributed by atoms with Crippen LogP contribution in [0.1, 0.15) is 53.3 Å². The molecule has 1 saturated heterocycles. The highest BCUT2D eigenvalue weighted by Crippen LogP contribution is 2.73. The van der Waals surface area contributed by atoms with Crippen molar-refractivity contribution in [3.8, 4) is 0 Å². The molecule has 0 radical (unpaired) electrons. The number of nitrogens with one attached hydrogen (secondary N) is 2. The van der Waals surface area contributed by atoms with E-state index < -0.39 is 42.6 Å². The average Bonchev–Trinajstić information content (AvgIpc) is 3.53. The van der Waals surface area contributed by atoms with E-state index in [-0.39, 0.29) is 67.7 Å². The fraction of sp³-hybridized carbons (Fsp3) is 0.390. The normalized spacial score (nSPS) is 27.4. The van der Waals surface area contributed by atoms with Gasteiger partial charge >= 0.3 is 6.72 Å². The van der Waals surface area contributed by atoms with Gasteiger partial charge in [-0.05, 0) is 48.4 Å². The third kappa shape index (κ3) is 7.54. The first-order valence-corrected chi connectivity index (χ1v) is 22.5. The number of rotatable bonds is 15. The van der Waals surface area contributed by atoms with Gasteiger partial charge in [-0.2, -0.15) is 0 Å². The predicted octanol–water partition coefficient (Wildman–Crippen LogP) is 4.82. The minimum absolute atomic E-state index is 0.0199. The second kappa shape index (κ2) is 16.9. The lowest BCUT2D eigenvalue weighted by molar-refractivity contribution is -0.0510. The number of aromatic nitrogens is 8. The van der Waals surface area contributed by atoms with Crippen LogP contribution in [0.4, 0.5) is 11.6 Å². The summed E-state index contributed by atoms with van der Waals surface area (Å²) >= 11 is 6.04. The number of anilines is 2. The molecule has 19 nitrogen and oxygen atoms in total. The molecular weight excluding hydrogens is 838 g/mol. The molecular formula is C41H42N11O8PS. The lowest BCUT2D eigenvalue weighted by Gasteiger charge is -2.33. The Morgan fingerprint density at radius 1 is 0.887 bits per heavy atom. The minimum Gasteiger partial charge on any atom is -0.396 e. The van der Waals surface area contributed by atoms with Gasteiger partial charge in [0.25, 0.3) is 11.8 Å². The molecule has 3 fully saturated rings. The van der Waals surface area contributed by atoms with Crippen molar-refractivity contribution in [2.24, 2.45) is 23.2 Å². The maximum Gasteiger partial charge on any atom is 0.327 e. The average molecular weight is 880 g/mol. The van der Waals surface area contributed by atoms with E-state index in [0.29, 0.717) is 39.9 Å². The summed E-state index contributed by atoms with van der Waals surface area (Å²) in [6, 6.07) is 17.3. The molecule has 6 aromatic rings. The Morgan fingerprint density at radius 3 is 2.05 bits per heavy atom. The summed E-state index contributed by atoms with van der Waals surface area (Å²) in [6.45, 7) is 7.20. The number of benzene rings is 2. The van der Waals surface area contributed by atoms with Gasteiger partial charge < -0.3 is 48.6 Å². The Balaban J connectivity index is 0.917. The number of fused-ring (bicyclic) bond motifs is 3. The molecule has 4 aromatic heterocycles. The Hall–Kier alpha value is -5.62. The first-order chi connectivity index (χ1) is 30.1. The van der Waals surface area contributed by atoms with Crippen molar-refractivity contribution in [1.82, 2.24) is 39.0 Å². The van der Waals surface area contributed by atoms with Crippen LogP contribution in [0.25, 0.3) is 27.2 Å². The zero-order valence-electron chi connectivity index (χ0n) is 33.5. The summed E-state index contributed by atoms with van der Waals surface area (Å²) in [4.78, 5) is 55.9. The van der Waals surface area contributed by atoms with Crippen molar-refractivity contribution < 1.29 is 38.1 Å². The van der Waals surface area contributed by atoms with E-state index in [1.54, 1.807) is 59.4 Å². The number of carbonyl (C=O) groups is 2. The molecule has 1 aliphatic heterocycles. The van der Waals surface area contributed by atoms with Gasteiger partial charge in [0.1, 0.15) is 25.4 Å². The minimum atomic E-state index is -3.63. The first-order valence-electron chi connectivity index (χ1n) is 20.0. The number of amides is 2. The number of nitrogens with zero attached hydrogens (tertiary/aromatic N) is 9. The summed E-state index contributed by atoms with van der Waals surface area (Å²) in [6.07, 6.45) is 3.17. The van der Waals surface area contributed by atoms with Crippen LogP contribution in [0.2, 0.25) is 0 Å². The predicted molar refractivity (Wildman–Crippen MR) is 227 cm³/mol. The summed E-state index contributed by atoms with van der Waals surface area (Å²) in [7, 11) is 0. The number of hydrogen-bond acceptors (Lipinski definition) is 15. The molecule has 2 aliphatic carbocycles. The molecule has 1 unspecified atom stereocenters. The second-order valence-corrected chi connectivity index (χ2v) is 18.6. The van der Waals surface area contributed by atoms with E-state index in [2.05, 4.69) is 45.4 Å². The Bertz CT molecular complexity index is 2720. The van der Waals surface area contributed by atoms with Gasteiger partial charge in [-0.25, -0.2) is 36.5 Å². The van der Waals surface area contributed by atoms with Gasteiger partial charge in [0.05, 0.1) is 38.1 Å². The number of carbonyl (C=O) groups excluding carboxylic acids is 2. The van der Waals surface area contributed by atoms with Gasteiger partial charge in [0.2, 0.25) is 6.54 Å². The van der Waals surface area contributed by atoms with Crippen LogP contribution in [0.3, 0.4) is 0 Å². The Morgan fingerprint density at radius 2 is 1.47 bits per heavy atom. The van der Waals surface area contributed by atoms with Gasteiger partial charge in [-0.15, -0.1) is 0 Å². The molecule has 2 amide bonds. The lowest BCUT2D eigenvalue weighted by Crippen LogP contribution is -2.33. The maximum absolute atomic E-state index is 13.0. The fourth-order valence-corrected chi connectivity index (χ4v) is 11.0. The van der Waals surface area contributed by atoms with Gasteiger partial charge in [-0.1, -0.05) is 50.2 Å². The molecule has 21 heteroatoms. The summed E-state index contributed by atoms with van der Waals surface area (Å²) < 4.78 is 29.1. The fourth-order valence-electron chi connectivity index (χ4n) is 8.84. The molecule has 2 aromatic carbocycles. The maximum atomic E-state index is 13.0. The van der Waals surface area contributed by atoms with E-state index in [9.17, 15) is 19.8 Å². The number of ether oxygens (including phenoxy) is 1. The van der Waals surface area contributed by atoms with Crippen LogP contribution in [0.5, 0.6) is 0 Å². The van der Waals surface area contributed by atoms with Crippen LogP contribution < -0.4 is 10.6 Å². The number of aliphatic hydroxyl groups is 2. The largest absolute Gasteiger partial charge is 0.396 e. The van der Waals surface area contributed by atoms with Crippen molar-refractivity contribution >= 4 is 64.3 Å². The molecule has 10 atom stereocenters. The third-order valence-corrected chi connectivity index (χ3v) is 14.5. The molecule has 62 heavy (non-hydrogen) atoms. The standard InChI is InChI=1S/C41H42N11O8PS/c1-23-28(59-40(32(23)54)52-22-48-30-35(44-20-46-37(30)52)50-39(56)26-12-8-5-9-13-26)17-58-61(62,57-15-14-42-3)60-33-24(2)31(27-16-41(27,33)18-53)51-21-47-29-34(43-19-45-36(29)51)49-38(55)25-10-6-4-7-11-25/h4-13,19-24,27-28,31-33,40,53-54H,14-18H2,1-2H3,(H,43,45,49,55)(H,44,46,50,56)/t23-,24+,27-,28-,31+,32-,33+,40-,41-,61?/m1/s1. The topological polar surface area (TPSA) is 227 Å². The SMILES string of the molecule is [C-]#[N+]CCOP(=S)(OC[C@H]1O[C@@H](n2cnc3c(NC(=O)c4ccccc4)ncnc32)[C@H](O)[C@@H]1C)O[C@H]1[C@@H](C)[C@H](n2cnc3c(NC(=O)c4ccccc4)ncnc32)[C@H]2C[C@@]21CO. The smallest absolute Gasteiger partial charge is 0.327 e. The van der Waals surface area contributed by atoms with Crippen LogP contribution in [-0.2, 0) is 30.1 Å². The van der Waals surface area contributed by atoms with Crippen LogP contribution in [-0.4, -0.2) is 106 Å². The summed E-state index contributed by atoms with van der Waals surface area (Å²) in [5, 5.41) is 28.0. The van der Waals surface area contributed by atoms with E-state index in [1.807, 2.05) is 30.5 Å². The van der Waals surface area contributed by atoms with Crippen molar-refractivity contribution in [1.29, 1.82) is 0 Å². The molecule has 3 aliphatic rings. The van der Waals surface area contributed by atoms with E-state index in [4.69, 9.17) is 36.7 Å². The third-order valence-electron chi connectivity index (χ3n) is 12.1. The molecule has 320 valence electrons. The Kier molecular flexibility index (Phi) is 11.4. The molecule has 5 heterocycles. The lowest BCUT2D eigenvalue weighted by atomic mass is 9.94. The van der Waals surface area contributed by atoms with Gasteiger partial charge in [0.15, 0.2) is 40.2 Å². The zero-order chi connectivity index (χ0) is 43.2. The van der Waals surface area contributed by atoms with Crippen LogP contribution >= 0.6 is 6.72 Å². The van der Waals surface area contributed by atoms with Crippen molar-refractivity contribution in [3.63, 3.8) is 0 Å². The van der Waals surface area contributed by atoms with Crippen molar-refractivity contribution in [2.45, 2.75) is 50.8 Å². The molecule has 9 rings (SSSR count). The van der Waals surface area contributed by atoms with Gasteiger partial charge in [-0.3, -0.25) is 14.2 Å². The van der Waals surface area contributed by atoms with E-state index in [0.717, 1.165) is 0 Å². The quantitative estimate of drug-likeness (QED) is 0.0616. The van der Waals surface area contributed by atoms with E-state index in [1.165, 1.54) is 19.0 Å². The number of imidazole rings is 2. The molecule has 4 N–H and O–H groups in total. The highest BCUT2D eigenvalue weighted by atomic mass is 32.5. The van der Waals surface area contributed by atoms with Crippen molar-refractivity contribution in [3.05, 3.63) is 109 Å². The van der Waals surface area contributed by atoms with Gasteiger partial charge in [0, 0.05) is 34.4 Å². The summed E-state index contributed by atoms with van der Waals surface area (Å²) in [5.41, 5.74) is 1.81. The second-order valence-electron chi connectivity index (χ2n) is 15.7. The number of hydrogen-bond donors (Lipinski definition) is 4. The zero-order valence-corrected chi connectivity index (χ0v) is 35.2. The van der Waals surface area contributed by atoms with Crippen molar-refractivity contribution in [2.75, 3.05) is 37.0 Å². The highest BCUT2D eigenvalue weighted by Gasteiger charge is 2.72. The number of aliphatic hydroxyl groups excluding tert-OH is 2. The summed E-state index contributed by atoms with van der Waals surface area (Å²) in [5.74, 6) is -0.986.